The van der Waals surface area contributed by atoms with Gasteiger partial charge in [0.1, 0.15) is 16.9 Å². The van der Waals surface area contributed by atoms with Crippen LogP contribution in [0.4, 0.5) is 0 Å². The summed E-state index contributed by atoms with van der Waals surface area (Å²) in [7, 11) is 0. The fraction of sp³-hybridized carbons (Fsp3) is 0.357. The van der Waals surface area contributed by atoms with Crippen LogP contribution in [0.15, 0.2) is 33.9 Å². The SMILES string of the molecule is Cc1ccc(C#N)c(SC(C[C@H](N)CO)c2ccno2)n1. The number of hydrogen-bond acceptors (Lipinski definition) is 7. The van der Waals surface area contributed by atoms with Gasteiger partial charge in [0.15, 0.2) is 0 Å². The Balaban J connectivity index is 2.27. The Morgan fingerprint density at radius 3 is 2.90 bits per heavy atom. The normalized spacial score (nSPS) is 13.6. The number of nitrogens with zero attached hydrogens (tertiary/aromatic N) is 3. The third kappa shape index (κ3) is 4.04. The number of nitriles is 1. The topological polar surface area (TPSA) is 109 Å². The summed E-state index contributed by atoms with van der Waals surface area (Å²) in [5, 5.41) is 22.5. The van der Waals surface area contributed by atoms with Gasteiger partial charge in [0.05, 0.1) is 23.6 Å². The third-order valence-electron chi connectivity index (χ3n) is 2.90. The lowest BCUT2D eigenvalue weighted by Crippen LogP contribution is -2.26. The molecule has 0 aliphatic carbocycles. The standard InChI is InChI=1S/C14H16N4O2S/c1-9-2-3-10(7-15)14(18-9)21-13(6-11(16)8-19)12-4-5-17-20-12/h2-5,11,13,19H,6,8,16H2,1H3/t11-,13?/m0/s1. The molecule has 2 aromatic rings. The Kier molecular flexibility index (Phi) is 5.33. The highest BCUT2D eigenvalue weighted by Crippen LogP contribution is 2.38. The summed E-state index contributed by atoms with van der Waals surface area (Å²) < 4.78 is 5.20. The van der Waals surface area contributed by atoms with Crippen LogP contribution in [-0.4, -0.2) is 27.9 Å². The van der Waals surface area contributed by atoms with Crippen molar-refractivity contribution in [1.29, 1.82) is 5.26 Å². The summed E-state index contributed by atoms with van der Waals surface area (Å²) in [6, 6.07) is 7.05. The highest BCUT2D eigenvalue weighted by Gasteiger charge is 2.22. The third-order valence-corrected chi connectivity index (χ3v) is 4.14. The number of aliphatic hydroxyl groups excluding tert-OH is 1. The smallest absolute Gasteiger partial charge is 0.150 e. The van der Waals surface area contributed by atoms with E-state index in [9.17, 15) is 5.26 Å². The molecule has 2 rings (SSSR count). The molecule has 0 radical (unpaired) electrons. The zero-order valence-electron chi connectivity index (χ0n) is 11.6. The van der Waals surface area contributed by atoms with Crippen molar-refractivity contribution < 1.29 is 9.63 Å². The minimum atomic E-state index is -0.372. The number of aryl methyl sites for hydroxylation is 1. The molecule has 0 amide bonds. The predicted molar refractivity (Wildman–Crippen MR) is 78.5 cm³/mol. The molecule has 2 aromatic heterocycles. The van der Waals surface area contributed by atoms with Gasteiger partial charge in [0, 0.05) is 17.8 Å². The summed E-state index contributed by atoms with van der Waals surface area (Å²) in [6.45, 7) is 1.76. The van der Waals surface area contributed by atoms with Crippen LogP contribution in [0.3, 0.4) is 0 Å². The minimum Gasteiger partial charge on any atom is -0.395 e. The first-order valence-corrected chi connectivity index (χ1v) is 7.33. The second-order valence-corrected chi connectivity index (χ2v) is 5.81. The molecular formula is C14H16N4O2S. The lowest BCUT2D eigenvalue weighted by Gasteiger charge is -2.17. The van der Waals surface area contributed by atoms with E-state index in [0.717, 1.165) is 5.69 Å². The number of rotatable bonds is 6. The van der Waals surface area contributed by atoms with Gasteiger partial charge in [-0.2, -0.15) is 5.26 Å². The quantitative estimate of drug-likeness (QED) is 0.783. The van der Waals surface area contributed by atoms with Crippen LogP contribution >= 0.6 is 11.8 Å². The number of nitrogens with two attached hydrogens (primary N) is 1. The van der Waals surface area contributed by atoms with Gasteiger partial charge in [-0.15, -0.1) is 0 Å². The van der Waals surface area contributed by atoms with Crippen molar-refractivity contribution in [1.82, 2.24) is 10.1 Å². The molecule has 110 valence electrons. The van der Waals surface area contributed by atoms with Crippen LogP contribution in [0.25, 0.3) is 0 Å². The molecule has 0 aliphatic heterocycles. The van der Waals surface area contributed by atoms with Crippen molar-refractivity contribution in [3.63, 3.8) is 0 Å². The van der Waals surface area contributed by atoms with Gasteiger partial charge >= 0.3 is 0 Å². The number of pyridine rings is 1. The highest BCUT2D eigenvalue weighted by atomic mass is 32.2. The second kappa shape index (κ2) is 7.22. The zero-order valence-corrected chi connectivity index (χ0v) is 12.4. The van der Waals surface area contributed by atoms with Crippen LogP contribution in [0.1, 0.15) is 28.7 Å². The van der Waals surface area contributed by atoms with E-state index in [1.807, 2.05) is 6.92 Å². The van der Waals surface area contributed by atoms with E-state index in [2.05, 4.69) is 16.2 Å². The van der Waals surface area contributed by atoms with Crippen molar-refractivity contribution >= 4 is 11.8 Å². The molecule has 0 aliphatic rings. The Hall–Kier alpha value is -1.88. The van der Waals surface area contributed by atoms with Crippen LogP contribution in [0.5, 0.6) is 0 Å². The van der Waals surface area contributed by atoms with Crippen molar-refractivity contribution in [2.75, 3.05) is 6.61 Å². The average molecular weight is 304 g/mol. The van der Waals surface area contributed by atoms with Crippen molar-refractivity contribution in [2.45, 2.75) is 29.7 Å². The lowest BCUT2D eigenvalue weighted by atomic mass is 10.1. The summed E-state index contributed by atoms with van der Waals surface area (Å²) in [6.07, 6.45) is 2.05. The van der Waals surface area contributed by atoms with Gasteiger partial charge in [-0.05, 0) is 25.5 Å². The van der Waals surface area contributed by atoms with E-state index in [4.69, 9.17) is 15.4 Å². The van der Waals surface area contributed by atoms with Gasteiger partial charge in [0.2, 0.25) is 0 Å². The maximum atomic E-state index is 9.18. The van der Waals surface area contributed by atoms with Gasteiger partial charge in [-0.3, -0.25) is 0 Å². The summed E-state index contributed by atoms with van der Waals surface area (Å²) >= 11 is 1.40. The van der Waals surface area contributed by atoms with Crippen LogP contribution in [0, 0.1) is 18.3 Å². The minimum absolute atomic E-state index is 0.114. The molecule has 2 heterocycles. The van der Waals surface area contributed by atoms with Crippen molar-refractivity contribution in [3.05, 3.63) is 41.4 Å². The van der Waals surface area contributed by atoms with Crippen LogP contribution in [0.2, 0.25) is 0 Å². The maximum Gasteiger partial charge on any atom is 0.150 e. The molecule has 7 heteroatoms. The molecular weight excluding hydrogens is 288 g/mol. The van der Waals surface area contributed by atoms with Crippen LogP contribution < -0.4 is 5.73 Å². The van der Waals surface area contributed by atoms with E-state index >= 15 is 0 Å². The van der Waals surface area contributed by atoms with Gasteiger partial charge < -0.3 is 15.4 Å². The zero-order chi connectivity index (χ0) is 15.2. The summed E-state index contributed by atoms with van der Waals surface area (Å²) in [4.78, 5) is 4.40. The van der Waals surface area contributed by atoms with Crippen LogP contribution in [-0.2, 0) is 0 Å². The first-order valence-electron chi connectivity index (χ1n) is 6.45. The molecule has 2 atom stereocenters. The van der Waals surface area contributed by atoms with Gasteiger partial charge in [-0.25, -0.2) is 4.98 Å². The second-order valence-electron chi connectivity index (χ2n) is 4.62. The van der Waals surface area contributed by atoms with E-state index in [-0.39, 0.29) is 17.9 Å². The maximum absolute atomic E-state index is 9.18. The predicted octanol–water partition coefficient (Wildman–Crippen LogP) is 1.79. The van der Waals surface area contributed by atoms with E-state index < -0.39 is 0 Å². The molecule has 0 fully saturated rings. The highest BCUT2D eigenvalue weighted by molar-refractivity contribution is 7.99. The molecule has 6 nitrogen and oxygen atoms in total. The Labute approximate surface area is 127 Å². The first-order chi connectivity index (χ1) is 10.1. The van der Waals surface area contributed by atoms with E-state index in [0.29, 0.717) is 22.8 Å². The van der Waals surface area contributed by atoms with Gasteiger partial charge in [-0.1, -0.05) is 16.9 Å². The van der Waals surface area contributed by atoms with Crippen molar-refractivity contribution in [2.24, 2.45) is 5.73 Å². The Bertz CT molecular complexity index is 624. The van der Waals surface area contributed by atoms with Crippen molar-refractivity contribution in [3.8, 4) is 6.07 Å². The molecule has 1 unspecified atom stereocenters. The fourth-order valence-corrected chi connectivity index (χ4v) is 3.09. The largest absolute Gasteiger partial charge is 0.395 e. The molecule has 0 saturated heterocycles. The Morgan fingerprint density at radius 1 is 1.48 bits per heavy atom. The number of aliphatic hydroxyl groups is 1. The fourth-order valence-electron chi connectivity index (χ4n) is 1.81. The number of thioether (sulfide) groups is 1. The number of aromatic nitrogens is 2. The molecule has 0 aromatic carbocycles. The molecule has 0 bridgehead atoms. The molecule has 0 saturated carbocycles. The molecule has 3 N–H and O–H groups in total. The summed E-state index contributed by atoms with van der Waals surface area (Å²) in [5.74, 6) is 0.649. The monoisotopic (exact) mass is 304 g/mol. The first kappa shape index (κ1) is 15.5. The molecule has 0 spiro atoms. The number of hydrogen-bond donors (Lipinski definition) is 2. The van der Waals surface area contributed by atoms with E-state index in [1.54, 1.807) is 24.4 Å². The van der Waals surface area contributed by atoms with Gasteiger partial charge in [0.25, 0.3) is 0 Å². The summed E-state index contributed by atoms with van der Waals surface area (Å²) in [5.41, 5.74) is 7.16. The average Bonchev–Trinajstić information content (AvgIpc) is 3.01. The Morgan fingerprint density at radius 2 is 2.29 bits per heavy atom. The lowest BCUT2D eigenvalue weighted by molar-refractivity contribution is 0.256. The molecule has 21 heavy (non-hydrogen) atoms. The van der Waals surface area contributed by atoms with E-state index in [1.165, 1.54) is 11.8 Å².